The monoisotopic (exact) mass is 545 g/mol. The van der Waals surface area contributed by atoms with Crippen molar-refractivity contribution in [2.45, 2.75) is 24.3 Å². The molecule has 0 atom stereocenters. The molecule has 36 heavy (non-hydrogen) atoms. The van der Waals surface area contributed by atoms with Crippen LogP contribution in [0.3, 0.4) is 0 Å². The number of pyridine rings is 1. The minimum absolute atomic E-state index is 0.0540. The van der Waals surface area contributed by atoms with Gasteiger partial charge in [-0.1, -0.05) is 41.4 Å². The van der Waals surface area contributed by atoms with E-state index in [4.69, 9.17) is 23.2 Å². The number of rotatable bonds is 7. The van der Waals surface area contributed by atoms with Crippen molar-refractivity contribution in [2.75, 3.05) is 30.9 Å². The van der Waals surface area contributed by atoms with Crippen LogP contribution in [0.4, 0.5) is 11.5 Å². The van der Waals surface area contributed by atoms with E-state index in [1.165, 1.54) is 12.4 Å². The summed E-state index contributed by atoms with van der Waals surface area (Å²) in [6.07, 6.45) is 3.35. The van der Waals surface area contributed by atoms with Gasteiger partial charge in [-0.3, -0.25) is 4.79 Å². The van der Waals surface area contributed by atoms with Gasteiger partial charge in [0.25, 0.3) is 10.0 Å². The summed E-state index contributed by atoms with van der Waals surface area (Å²) in [5.74, 6) is 0.420. The summed E-state index contributed by atoms with van der Waals surface area (Å²) in [5.41, 5.74) is 2.50. The van der Waals surface area contributed by atoms with Crippen LogP contribution in [0.15, 0.2) is 64.0 Å². The normalized spacial score (nSPS) is 13.5. The van der Waals surface area contributed by atoms with Crippen molar-refractivity contribution in [1.29, 1.82) is 0 Å². The molecule has 0 saturated carbocycles. The Morgan fingerprint density at radius 1 is 1.19 bits per heavy atom. The second-order valence-corrected chi connectivity index (χ2v) is 11.0. The molecule has 1 aliphatic rings. The van der Waals surface area contributed by atoms with Crippen molar-refractivity contribution in [1.82, 2.24) is 9.88 Å². The Bertz CT molecular complexity index is 1410. The standard InChI is InChI=1S/C25H25Cl2N5O3S/c1-31(2)16-29-36(34,35)23-13-20(30-25(33)12-17-5-3-4-6-22(17)27)11-18-15-32(10-9-21(18)23)24-8-7-19(26)14-28-24/h3-8,11,13-14,16H,9-10,12,15H2,1-2H3,(H,30,33). The average Bonchev–Trinajstić information content (AvgIpc) is 2.84. The van der Waals surface area contributed by atoms with Crippen molar-refractivity contribution in [3.05, 3.63) is 81.5 Å². The molecule has 188 valence electrons. The molecule has 2 aromatic carbocycles. The van der Waals surface area contributed by atoms with Gasteiger partial charge in [-0.05, 0) is 53.4 Å². The first-order valence-corrected chi connectivity index (χ1v) is 13.3. The van der Waals surface area contributed by atoms with E-state index in [1.54, 1.807) is 61.6 Å². The number of hydrogen-bond acceptors (Lipinski definition) is 5. The van der Waals surface area contributed by atoms with Gasteiger partial charge in [-0.2, -0.15) is 8.42 Å². The maximum Gasteiger partial charge on any atom is 0.284 e. The number of hydrogen-bond donors (Lipinski definition) is 1. The third kappa shape index (κ3) is 6.16. The van der Waals surface area contributed by atoms with Crippen molar-refractivity contribution in [2.24, 2.45) is 4.40 Å². The summed E-state index contributed by atoms with van der Waals surface area (Å²) < 4.78 is 30.2. The van der Waals surface area contributed by atoms with Crippen LogP contribution in [0, 0.1) is 0 Å². The van der Waals surface area contributed by atoms with E-state index in [-0.39, 0.29) is 17.2 Å². The molecule has 1 N–H and O–H groups in total. The van der Waals surface area contributed by atoms with Crippen LogP contribution in [0.5, 0.6) is 0 Å². The van der Waals surface area contributed by atoms with Crippen LogP contribution in [-0.2, 0) is 34.2 Å². The van der Waals surface area contributed by atoms with E-state index >= 15 is 0 Å². The molecular weight excluding hydrogens is 521 g/mol. The highest BCUT2D eigenvalue weighted by Crippen LogP contribution is 2.32. The first-order chi connectivity index (χ1) is 17.1. The lowest BCUT2D eigenvalue weighted by molar-refractivity contribution is -0.115. The minimum atomic E-state index is -4.00. The van der Waals surface area contributed by atoms with E-state index in [1.807, 2.05) is 11.0 Å². The van der Waals surface area contributed by atoms with Gasteiger partial charge in [0.05, 0.1) is 16.3 Å². The van der Waals surface area contributed by atoms with Gasteiger partial charge >= 0.3 is 0 Å². The van der Waals surface area contributed by atoms with Crippen LogP contribution < -0.4 is 10.2 Å². The number of nitrogens with one attached hydrogen (secondary N) is 1. The van der Waals surface area contributed by atoms with Gasteiger partial charge in [0.2, 0.25) is 5.91 Å². The number of aromatic nitrogens is 1. The lowest BCUT2D eigenvalue weighted by Gasteiger charge is -2.31. The second-order valence-electron chi connectivity index (χ2n) is 8.59. The van der Waals surface area contributed by atoms with Crippen molar-refractivity contribution in [3.63, 3.8) is 0 Å². The number of fused-ring (bicyclic) bond motifs is 1. The first kappa shape index (κ1) is 25.9. The van der Waals surface area contributed by atoms with Crippen LogP contribution >= 0.6 is 23.2 Å². The van der Waals surface area contributed by atoms with E-state index in [9.17, 15) is 13.2 Å². The largest absolute Gasteiger partial charge is 0.368 e. The fraction of sp³-hybridized carbons (Fsp3) is 0.240. The summed E-state index contributed by atoms with van der Waals surface area (Å²) in [6, 6.07) is 13.9. The molecule has 3 aromatic rings. The lowest BCUT2D eigenvalue weighted by atomic mass is 9.98. The number of halogens is 2. The SMILES string of the molecule is CN(C)C=NS(=O)(=O)c1cc(NC(=O)Cc2ccccc2Cl)cc2c1CCN(c1ccc(Cl)cn1)C2. The number of amides is 1. The molecule has 2 heterocycles. The maximum absolute atomic E-state index is 13.2. The minimum Gasteiger partial charge on any atom is -0.368 e. The Kier molecular flexibility index (Phi) is 7.82. The highest BCUT2D eigenvalue weighted by Gasteiger charge is 2.27. The number of carbonyl (C=O) groups excluding carboxylic acids is 1. The molecule has 0 aliphatic carbocycles. The fourth-order valence-corrected chi connectivity index (χ4v) is 5.51. The summed E-state index contributed by atoms with van der Waals surface area (Å²) >= 11 is 12.2. The molecule has 0 radical (unpaired) electrons. The predicted octanol–water partition coefficient (Wildman–Crippen LogP) is 4.41. The Labute approximate surface area is 220 Å². The zero-order chi connectivity index (χ0) is 25.9. The number of anilines is 2. The molecule has 0 unspecified atom stereocenters. The molecule has 4 rings (SSSR count). The molecule has 0 spiro atoms. The number of benzene rings is 2. The third-order valence-electron chi connectivity index (χ3n) is 5.62. The highest BCUT2D eigenvalue weighted by atomic mass is 35.5. The second kappa shape index (κ2) is 10.9. The lowest BCUT2D eigenvalue weighted by Crippen LogP contribution is -2.32. The Morgan fingerprint density at radius 3 is 2.67 bits per heavy atom. The molecule has 0 saturated heterocycles. The van der Waals surface area contributed by atoms with Gasteiger partial charge < -0.3 is 15.1 Å². The topological polar surface area (TPSA) is 95.0 Å². The zero-order valence-electron chi connectivity index (χ0n) is 19.8. The summed E-state index contributed by atoms with van der Waals surface area (Å²) in [6.45, 7) is 0.984. The molecule has 1 aliphatic heterocycles. The predicted molar refractivity (Wildman–Crippen MR) is 144 cm³/mol. The first-order valence-electron chi connectivity index (χ1n) is 11.1. The molecular formula is C25H25Cl2N5O3S. The summed E-state index contributed by atoms with van der Waals surface area (Å²) in [4.78, 5) is 20.9. The maximum atomic E-state index is 13.2. The molecule has 0 fully saturated rings. The van der Waals surface area contributed by atoms with E-state index in [0.29, 0.717) is 46.4 Å². The highest BCUT2D eigenvalue weighted by molar-refractivity contribution is 7.90. The van der Waals surface area contributed by atoms with Crippen molar-refractivity contribution in [3.8, 4) is 0 Å². The molecule has 0 bridgehead atoms. The summed E-state index contributed by atoms with van der Waals surface area (Å²) in [5, 5.41) is 3.86. The van der Waals surface area contributed by atoms with Crippen LogP contribution in [0.1, 0.15) is 16.7 Å². The van der Waals surface area contributed by atoms with Crippen LogP contribution in [0.2, 0.25) is 10.0 Å². The molecule has 8 nitrogen and oxygen atoms in total. The number of sulfonamides is 1. The van der Waals surface area contributed by atoms with Crippen molar-refractivity contribution >= 4 is 57.0 Å². The van der Waals surface area contributed by atoms with Gasteiger partial charge in [0, 0.05) is 44.1 Å². The van der Waals surface area contributed by atoms with Gasteiger partial charge in [-0.15, -0.1) is 4.40 Å². The Balaban J connectivity index is 1.69. The van der Waals surface area contributed by atoms with Gasteiger partial charge in [0.15, 0.2) is 0 Å². The molecule has 1 amide bonds. The Hall–Kier alpha value is -3.14. The quantitative estimate of drug-likeness (QED) is 0.349. The van der Waals surface area contributed by atoms with E-state index in [2.05, 4.69) is 14.7 Å². The molecule has 11 heteroatoms. The third-order valence-corrected chi connectivity index (χ3v) is 7.50. The number of carbonyl (C=O) groups is 1. The van der Waals surface area contributed by atoms with Crippen LogP contribution in [-0.4, -0.2) is 51.2 Å². The Morgan fingerprint density at radius 2 is 1.97 bits per heavy atom. The van der Waals surface area contributed by atoms with Crippen LogP contribution in [0.25, 0.3) is 0 Å². The molecule has 1 aromatic heterocycles. The van der Waals surface area contributed by atoms with E-state index < -0.39 is 10.0 Å². The van der Waals surface area contributed by atoms with Gasteiger partial charge in [0.1, 0.15) is 12.2 Å². The van der Waals surface area contributed by atoms with Gasteiger partial charge in [-0.25, -0.2) is 4.98 Å². The van der Waals surface area contributed by atoms with E-state index in [0.717, 1.165) is 11.4 Å². The van der Waals surface area contributed by atoms with Crippen molar-refractivity contribution < 1.29 is 13.2 Å². The zero-order valence-corrected chi connectivity index (χ0v) is 22.1. The summed E-state index contributed by atoms with van der Waals surface area (Å²) in [7, 11) is -0.622. The fourth-order valence-electron chi connectivity index (χ4n) is 3.95. The average molecular weight is 546 g/mol. The number of nitrogens with zero attached hydrogens (tertiary/aromatic N) is 4. The smallest absolute Gasteiger partial charge is 0.284 e.